The second-order valence-electron chi connectivity index (χ2n) is 6.17. The molecule has 1 aromatic carbocycles. The van der Waals surface area contributed by atoms with Gasteiger partial charge in [0.25, 0.3) is 0 Å². The van der Waals surface area contributed by atoms with Gasteiger partial charge >= 0.3 is 0 Å². The maximum atomic E-state index is 6.13. The van der Waals surface area contributed by atoms with Crippen molar-refractivity contribution >= 4 is 20.2 Å². The average Bonchev–Trinajstić information content (AvgIpc) is 2.78. The second-order valence-corrected chi connectivity index (χ2v) is 10.6. The average molecular weight is 276 g/mol. The van der Waals surface area contributed by atoms with Crippen molar-refractivity contribution in [2.45, 2.75) is 45.4 Å². The van der Waals surface area contributed by atoms with Crippen molar-refractivity contribution in [3.63, 3.8) is 0 Å². The van der Waals surface area contributed by atoms with Gasteiger partial charge in [0.2, 0.25) is 8.32 Å². The molecule has 0 amide bonds. The number of hydrogen-bond acceptors (Lipinski definition) is 3. The first-order valence-corrected chi connectivity index (χ1v) is 10.4. The molecular formula is C15H24N2OSi. The number of rotatable bonds is 4. The number of hydrogen-bond donors (Lipinski definition) is 1. The van der Waals surface area contributed by atoms with E-state index in [0.29, 0.717) is 6.04 Å². The summed E-state index contributed by atoms with van der Waals surface area (Å²) in [6.07, 6.45) is 4.44. The van der Waals surface area contributed by atoms with E-state index in [-0.39, 0.29) is 0 Å². The fraction of sp³-hybridized carbons (Fsp3) is 0.533. The molecule has 1 fully saturated rings. The Kier molecular flexibility index (Phi) is 4.42. The van der Waals surface area contributed by atoms with Crippen LogP contribution in [0.2, 0.25) is 19.6 Å². The minimum atomic E-state index is -1.60. The van der Waals surface area contributed by atoms with Gasteiger partial charge in [-0.3, -0.25) is 4.99 Å². The normalized spacial score (nSPS) is 20.1. The summed E-state index contributed by atoms with van der Waals surface area (Å²) >= 11 is 0. The third-order valence-corrected chi connectivity index (χ3v) is 3.86. The Balaban J connectivity index is 2.18. The molecule has 104 valence electrons. The van der Waals surface area contributed by atoms with E-state index in [9.17, 15) is 0 Å². The van der Waals surface area contributed by atoms with Crippen molar-refractivity contribution < 1.29 is 4.43 Å². The second kappa shape index (κ2) is 5.88. The SMILES string of the molecule is Cc1ccc(N=CC2CCCN2)c(O[Si](C)(C)C)c1. The highest BCUT2D eigenvalue weighted by atomic mass is 28.4. The van der Waals surface area contributed by atoms with E-state index in [1.165, 1.54) is 18.4 Å². The zero-order valence-corrected chi connectivity index (χ0v) is 13.4. The van der Waals surface area contributed by atoms with Crippen LogP contribution in [0.5, 0.6) is 5.75 Å². The summed E-state index contributed by atoms with van der Waals surface area (Å²) in [5.41, 5.74) is 2.16. The van der Waals surface area contributed by atoms with E-state index >= 15 is 0 Å². The third kappa shape index (κ3) is 4.47. The van der Waals surface area contributed by atoms with E-state index in [0.717, 1.165) is 18.0 Å². The lowest BCUT2D eigenvalue weighted by Gasteiger charge is -2.21. The van der Waals surface area contributed by atoms with E-state index < -0.39 is 8.32 Å². The van der Waals surface area contributed by atoms with E-state index in [1.54, 1.807) is 0 Å². The highest BCUT2D eigenvalue weighted by Crippen LogP contribution is 2.30. The number of benzene rings is 1. The van der Waals surface area contributed by atoms with Gasteiger partial charge < -0.3 is 9.74 Å². The van der Waals surface area contributed by atoms with Crippen LogP contribution in [0.4, 0.5) is 5.69 Å². The van der Waals surface area contributed by atoms with Crippen molar-refractivity contribution in [3.05, 3.63) is 23.8 Å². The molecule has 0 spiro atoms. The molecule has 19 heavy (non-hydrogen) atoms. The fourth-order valence-corrected chi connectivity index (χ4v) is 2.97. The van der Waals surface area contributed by atoms with Gasteiger partial charge in [-0.2, -0.15) is 0 Å². The smallest absolute Gasteiger partial charge is 0.242 e. The number of aliphatic imine (C=N–C) groups is 1. The highest BCUT2D eigenvalue weighted by Gasteiger charge is 2.18. The molecule has 1 aromatic rings. The molecule has 1 aliphatic heterocycles. The zero-order valence-electron chi connectivity index (χ0n) is 12.4. The van der Waals surface area contributed by atoms with Crippen molar-refractivity contribution in [1.29, 1.82) is 0 Å². The van der Waals surface area contributed by atoms with Crippen LogP contribution < -0.4 is 9.74 Å². The van der Waals surface area contributed by atoms with Crippen molar-refractivity contribution in [3.8, 4) is 5.75 Å². The zero-order chi connectivity index (χ0) is 13.9. The molecule has 3 nitrogen and oxygen atoms in total. The first-order valence-electron chi connectivity index (χ1n) is 7.01. The van der Waals surface area contributed by atoms with Gasteiger partial charge in [-0.1, -0.05) is 6.07 Å². The van der Waals surface area contributed by atoms with E-state index in [2.05, 4.69) is 55.1 Å². The maximum absolute atomic E-state index is 6.13. The monoisotopic (exact) mass is 276 g/mol. The molecule has 2 rings (SSSR count). The lowest BCUT2D eigenvalue weighted by atomic mass is 10.2. The van der Waals surface area contributed by atoms with Gasteiger partial charge in [-0.05, 0) is 63.6 Å². The Hall–Kier alpha value is -1.13. The van der Waals surface area contributed by atoms with Gasteiger partial charge in [0.1, 0.15) is 11.4 Å². The highest BCUT2D eigenvalue weighted by molar-refractivity contribution is 6.70. The van der Waals surface area contributed by atoms with Gasteiger partial charge in [-0.25, -0.2) is 0 Å². The fourth-order valence-electron chi connectivity index (χ4n) is 2.15. The minimum absolute atomic E-state index is 0.418. The first-order chi connectivity index (χ1) is 8.94. The van der Waals surface area contributed by atoms with Crippen LogP contribution in [0.25, 0.3) is 0 Å². The lowest BCUT2D eigenvalue weighted by molar-refractivity contribution is 0.558. The minimum Gasteiger partial charge on any atom is -0.543 e. The van der Waals surface area contributed by atoms with Gasteiger partial charge in [0.15, 0.2) is 0 Å². The molecule has 1 saturated heterocycles. The molecule has 1 N–H and O–H groups in total. The molecule has 0 saturated carbocycles. The van der Waals surface area contributed by atoms with E-state index in [1.807, 2.05) is 6.21 Å². The summed E-state index contributed by atoms with van der Waals surface area (Å²) in [6.45, 7) is 9.77. The molecule has 0 aliphatic carbocycles. The molecule has 4 heteroatoms. The Bertz CT molecular complexity index is 460. The largest absolute Gasteiger partial charge is 0.543 e. The Morgan fingerprint density at radius 3 is 2.79 bits per heavy atom. The standard InChI is InChI=1S/C15H24N2OSi/c1-12-7-8-14(15(10-12)18-19(2,3)4)17-11-13-6-5-9-16-13/h7-8,10-11,13,16H,5-6,9H2,1-4H3. The summed E-state index contributed by atoms with van der Waals surface area (Å²) in [7, 11) is -1.60. The molecule has 0 bridgehead atoms. The molecular weight excluding hydrogens is 252 g/mol. The van der Waals surface area contributed by atoms with Gasteiger partial charge in [-0.15, -0.1) is 0 Å². The van der Waals surface area contributed by atoms with Crippen molar-refractivity contribution in [1.82, 2.24) is 5.32 Å². The number of nitrogens with zero attached hydrogens (tertiary/aromatic N) is 1. The predicted octanol–water partition coefficient (Wildman–Crippen LogP) is 3.66. The maximum Gasteiger partial charge on any atom is 0.242 e. The summed E-state index contributed by atoms with van der Waals surface area (Å²) in [6, 6.07) is 6.65. The Morgan fingerprint density at radius 1 is 1.37 bits per heavy atom. The van der Waals surface area contributed by atoms with Crippen LogP contribution in [-0.4, -0.2) is 27.1 Å². The summed E-state index contributed by atoms with van der Waals surface area (Å²) in [5, 5.41) is 3.42. The van der Waals surface area contributed by atoms with Gasteiger partial charge in [0.05, 0.1) is 0 Å². The van der Waals surface area contributed by atoms with Crippen LogP contribution >= 0.6 is 0 Å². The van der Waals surface area contributed by atoms with E-state index in [4.69, 9.17) is 4.43 Å². The topological polar surface area (TPSA) is 33.6 Å². The Morgan fingerprint density at radius 2 is 2.16 bits per heavy atom. The molecule has 0 aromatic heterocycles. The molecule has 1 atom stereocenters. The quantitative estimate of drug-likeness (QED) is 0.672. The Labute approximate surface area is 117 Å². The predicted molar refractivity (Wildman–Crippen MR) is 84.3 cm³/mol. The van der Waals surface area contributed by atoms with Crippen molar-refractivity contribution in [2.24, 2.45) is 4.99 Å². The van der Waals surface area contributed by atoms with Crippen molar-refractivity contribution in [2.75, 3.05) is 6.54 Å². The number of nitrogens with one attached hydrogen (secondary N) is 1. The number of aryl methyl sites for hydroxylation is 1. The third-order valence-electron chi connectivity index (χ3n) is 3.02. The summed E-state index contributed by atoms with van der Waals surface area (Å²) in [5.74, 6) is 0.924. The summed E-state index contributed by atoms with van der Waals surface area (Å²) < 4.78 is 6.13. The van der Waals surface area contributed by atoms with Crippen LogP contribution in [0.3, 0.4) is 0 Å². The van der Waals surface area contributed by atoms with Crippen LogP contribution in [0.1, 0.15) is 18.4 Å². The summed E-state index contributed by atoms with van der Waals surface area (Å²) in [4.78, 5) is 4.62. The first kappa shape index (κ1) is 14.3. The molecule has 1 unspecified atom stereocenters. The van der Waals surface area contributed by atoms with Crippen LogP contribution in [-0.2, 0) is 0 Å². The lowest BCUT2D eigenvalue weighted by Crippen LogP contribution is -2.29. The molecule has 0 radical (unpaired) electrons. The molecule has 1 aliphatic rings. The van der Waals surface area contributed by atoms with Crippen LogP contribution in [0, 0.1) is 6.92 Å². The van der Waals surface area contributed by atoms with Gasteiger partial charge in [0, 0.05) is 12.3 Å². The molecule has 1 heterocycles. The van der Waals surface area contributed by atoms with Crippen LogP contribution in [0.15, 0.2) is 23.2 Å².